The van der Waals surface area contributed by atoms with Gasteiger partial charge < -0.3 is 14.3 Å². The minimum atomic E-state index is -0.161. The molecule has 0 aromatic carbocycles. The van der Waals surface area contributed by atoms with E-state index < -0.39 is 0 Å². The summed E-state index contributed by atoms with van der Waals surface area (Å²) in [4.78, 5) is 13.8. The van der Waals surface area contributed by atoms with Gasteiger partial charge in [-0.2, -0.15) is 0 Å². The van der Waals surface area contributed by atoms with Crippen LogP contribution in [0.2, 0.25) is 0 Å². The highest BCUT2D eigenvalue weighted by atomic mass is 32.1. The van der Waals surface area contributed by atoms with Crippen LogP contribution in [0.15, 0.2) is 38.8 Å². The Morgan fingerprint density at radius 1 is 1.42 bits per heavy atom. The minimum absolute atomic E-state index is 0.0373. The fraction of sp³-hybridized carbons (Fsp3) is 0.333. The number of nitrogens with zero attached hydrogens (tertiary/aromatic N) is 1. The van der Waals surface area contributed by atoms with E-state index in [9.17, 15) is 4.79 Å². The van der Waals surface area contributed by atoms with E-state index in [4.69, 9.17) is 8.94 Å². The quantitative estimate of drug-likeness (QED) is 0.765. The van der Waals surface area contributed by atoms with Crippen molar-refractivity contribution in [2.75, 3.05) is 0 Å². The number of thiophene rings is 1. The number of amides is 1. The van der Waals surface area contributed by atoms with E-state index in [1.165, 1.54) is 4.88 Å². The number of hydrogen-bond donors (Lipinski definition) is 1. The number of furan rings is 1. The molecule has 0 radical (unpaired) electrons. The summed E-state index contributed by atoms with van der Waals surface area (Å²) in [6, 6.07) is 5.90. The van der Waals surface area contributed by atoms with Crippen LogP contribution in [0.25, 0.3) is 11.3 Å². The van der Waals surface area contributed by atoms with Gasteiger partial charge in [0.1, 0.15) is 5.76 Å². The van der Waals surface area contributed by atoms with Crippen molar-refractivity contribution >= 4 is 17.2 Å². The summed E-state index contributed by atoms with van der Waals surface area (Å²) < 4.78 is 10.8. The Kier molecular flexibility index (Phi) is 3.98. The molecule has 0 spiro atoms. The molecule has 0 saturated heterocycles. The first-order valence-corrected chi connectivity index (χ1v) is 8.99. The van der Waals surface area contributed by atoms with E-state index in [1.54, 1.807) is 17.6 Å². The molecule has 5 nitrogen and oxygen atoms in total. The van der Waals surface area contributed by atoms with Crippen LogP contribution in [0, 0.1) is 0 Å². The molecule has 1 N–H and O–H groups in total. The van der Waals surface area contributed by atoms with Crippen molar-refractivity contribution in [3.63, 3.8) is 0 Å². The second-order valence-corrected chi connectivity index (χ2v) is 7.09. The minimum Gasteiger partial charge on any atom is -0.469 e. The van der Waals surface area contributed by atoms with Crippen LogP contribution in [-0.4, -0.2) is 17.1 Å². The standard InChI is InChI=1S/C18H18N2O3S/c1-11(4-5-12-3-2-9-22-12)19-18(21)16-14-6-7-15-13(8-10-24-15)17(14)23-20-16/h2-3,8-11H,4-7H2,1H3,(H,19,21)/t11-/m0/s1. The Hall–Kier alpha value is -2.34. The normalized spacial score (nSPS) is 14.0. The molecule has 6 heteroatoms. The molecule has 1 aliphatic carbocycles. The topological polar surface area (TPSA) is 68.3 Å². The molecule has 24 heavy (non-hydrogen) atoms. The lowest BCUT2D eigenvalue weighted by molar-refractivity contribution is 0.0928. The van der Waals surface area contributed by atoms with Crippen LogP contribution in [-0.2, 0) is 19.3 Å². The van der Waals surface area contributed by atoms with E-state index in [2.05, 4.69) is 15.9 Å². The SMILES string of the molecule is C[C@@H](CCc1ccco1)NC(=O)c1noc2c1CCc1sccc1-2. The van der Waals surface area contributed by atoms with Crippen LogP contribution in [0.1, 0.15) is 40.0 Å². The van der Waals surface area contributed by atoms with E-state index in [0.29, 0.717) is 5.69 Å². The summed E-state index contributed by atoms with van der Waals surface area (Å²) in [5, 5.41) is 9.10. The van der Waals surface area contributed by atoms with Crippen molar-refractivity contribution in [2.45, 2.75) is 38.6 Å². The van der Waals surface area contributed by atoms with Gasteiger partial charge in [-0.3, -0.25) is 4.79 Å². The number of carbonyl (C=O) groups excluding carboxylic acids is 1. The van der Waals surface area contributed by atoms with Gasteiger partial charge in [0.15, 0.2) is 11.5 Å². The van der Waals surface area contributed by atoms with Crippen molar-refractivity contribution in [1.29, 1.82) is 0 Å². The van der Waals surface area contributed by atoms with Crippen LogP contribution in [0.3, 0.4) is 0 Å². The third-order valence-corrected chi connectivity index (χ3v) is 5.36. The van der Waals surface area contributed by atoms with Crippen LogP contribution >= 0.6 is 11.3 Å². The third kappa shape index (κ3) is 2.78. The molecule has 1 atom stereocenters. The fourth-order valence-corrected chi connectivity index (χ4v) is 3.96. The average Bonchev–Trinajstić information content (AvgIpc) is 3.30. The molecule has 0 unspecified atom stereocenters. The Balaban J connectivity index is 1.44. The number of carbonyl (C=O) groups is 1. The molecule has 3 heterocycles. The molecule has 1 aliphatic rings. The second-order valence-electron chi connectivity index (χ2n) is 6.09. The average molecular weight is 342 g/mol. The highest BCUT2D eigenvalue weighted by Gasteiger charge is 2.28. The van der Waals surface area contributed by atoms with Crippen molar-refractivity contribution in [1.82, 2.24) is 10.5 Å². The lowest BCUT2D eigenvalue weighted by Gasteiger charge is -2.14. The monoisotopic (exact) mass is 342 g/mol. The Morgan fingerprint density at radius 2 is 2.33 bits per heavy atom. The molecule has 0 fully saturated rings. The molecule has 3 aromatic rings. The van der Waals surface area contributed by atoms with E-state index >= 15 is 0 Å². The van der Waals surface area contributed by atoms with E-state index in [1.807, 2.05) is 25.1 Å². The first-order chi connectivity index (χ1) is 11.7. The summed E-state index contributed by atoms with van der Waals surface area (Å²) in [6.45, 7) is 1.99. The van der Waals surface area contributed by atoms with Crippen molar-refractivity contribution in [2.24, 2.45) is 0 Å². The number of rotatable bonds is 5. The molecule has 1 amide bonds. The number of hydrogen-bond acceptors (Lipinski definition) is 5. The number of aryl methyl sites for hydroxylation is 2. The van der Waals surface area contributed by atoms with E-state index in [-0.39, 0.29) is 11.9 Å². The van der Waals surface area contributed by atoms with Gasteiger partial charge in [0.25, 0.3) is 5.91 Å². The number of aromatic nitrogens is 1. The van der Waals surface area contributed by atoms with Gasteiger partial charge in [0, 0.05) is 28.5 Å². The van der Waals surface area contributed by atoms with Gasteiger partial charge in [-0.1, -0.05) is 5.16 Å². The summed E-state index contributed by atoms with van der Waals surface area (Å²) in [6.07, 6.45) is 5.02. The number of nitrogens with one attached hydrogen (secondary N) is 1. The van der Waals surface area contributed by atoms with Gasteiger partial charge in [-0.15, -0.1) is 11.3 Å². The predicted octanol–water partition coefficient (Wildman–Crippen LogP) is 3.85. The predicted molar refractivity (Wildman–Crippen MR) is 91.2 cm³/mol. The maximum absolute atomic E-state index is 12.5. The molecule has 0 saturated carbocycles. The summed E-state index contributed by atoms with van der Waals surface area (Å²) in [5.41, 5.74) is 2.43. The van der Waals surface area contributed by atoms with Crippen LogP contribution in [0.4, 0.5) is 0 Å². The van der Waals surface area contributed by atoms with Gasteiger partial charge >= 0.3 is 0 Å². The molecular weight excluding hydrogens is 324 g/mol. The fourth-order valence-electron chi connectivity index (χ4n) is 3.08. The van der Waals surface area contributed by atoms with Gasteiger partial charge in [-0.05, 0) is 49.8 Å². The van der Waals surface area contributed by atoms with Crippen molar-refractivity contribution in [3.8, 4) is 11.3 Å². The molecule has 3 aromatic heterocycles. The van der Waals surface area contributed by atoms with Crippen molar-refractivity contribution in [3.05, 3.63) is 51.7 Å². The summed E-state index contributed by atoms with van der Waals surface area (Å²) in [7, 11) is 0. The van der Waals surface area contributed by atoms with Gasteiger partial charge in [0.2, 0.25) is 0 Å². The zero-order valence-corrected chi connectivity index (χ0v) is 14.2. The highest BCUT2D eigenvalue weighted by molar-refractivity contribution is 7.10. The molecule has 4 rings (SSSR count). The number of fused-ring (bicyclic) bond motifs is 3. The third-order valence-electron chi connectivity index (χ3n) is 4.38. The summed E-state index contributed by atoms with van der Waals surface area (Å²) >= 11 is 1.73. The molecular formula is C18H18N2O3S. The lowest BCUT2D eigenvalue weighted by Crippen LogP contribution is -2.33. The van der Waals surface area contributed by atoms with Crippen LogP contribution < -0.4 is 5.32 Å². The molecule has 0 bridgehead atoms. The Labute approximate surface area is 143 Å². The van der Waals surface area contributed by atoms with Crippen molar-refractivity contribution < 1.29 is 13.7 Å². The maximum Gasteiger partial charge on any atom is 0.273 e. The summed E-state index contributed by atoms with van der Waals surface area (Å²) in [5.74, 6) is 1.52. The zero-order chi connectivity index (χ0) is 16.5. The van der Waals surface area contributed by atoms with E-state index in [0.717, 1.165) is 48.3 Å². The second kappa shape index (κ2) is 6.28. The zero-order valence-electron chi connectivity index (χ0n) is 13.4. The lowest BCUT2D eigenvalue weighted by atomic mass is 9.95. The largest absolute Gasteiger partial charge is 0.469 e. The molecule has 124 valence electrons. The first kappa shape index (κ1) is 15.2. The highest BCUT2D eigenvalue weighted by Crippen LogP contribution is 2.38. The Bertz CT molecular complexity index is 848. The molecule has 0 aliphatic heterocycles. The smallest absolute Gasteiger partial charge is 0.273 e. The Morgan fingerprint density at radius 3 is 3.17 bits per heavy atom. The van der Waals surface area contributed by atoms with Crippen LogP contribution in [0.5, 0.6) is 0 Å². The first-order valence-electron chi connectivity index (χ1n) is 8.11. The van der Waals surface area contributed by atoms with Gasteiger partial charge in [-0.25, -0.2) is 0 Å². The van der Waals surface area contributed by atoms with Gasteiger partial charge in [0.05, 0.1) is 6.26 Å². The maximum atomic E-state index is 12.5.